The van der Waals surface area contributed by atoms with E-state index < -0.39 is 0 Å². The molecule has 12 heavy (non-hydrogen) atoms. The van der Waals surface area contributed by atoms with E-state index in [1.807, 2.05) is 6.08 Å². The van der Waals surface area contributed by atoms with Gasteiger partial charge in [-0.05, 0) is 30.4 Å². The lowest BCUT2D eigenvalue weighted by atomic mass is 10.1. The van der Waals surface area contributed by atoms with Gasteiger partial charge in [0, 0.05) is 11.4 Å². The van der Waals surface area contributed by atoms with E-state index in [2.05, 4.69) is 19.9 Å². The van der Waals surface area contributed by atoms with Gasteiger partial charge < -0.3 is 0 Å². The van der Waals surface area contributed by atoms with Crippen LogP contribution in [0.4, 0.5) is 0 Å². The first kappa shape index (κ1) is 12.1. The molecule has 0 atom stereocenters. The Morgan fingerprint density at radius 1 is 1.42 bits per heavy atom. The van der Waals surface area contributed by atoms with E-state index in [0.29, 0.717) is 5.88 Å². The van der Waals surface area contributed by atoms with E-state index in [-0.39, 0.29) is 0 Å². The van der Waals surface area contributed by atoms with Crippen molar-refractivity contribution in [1.82, 2.24) is 0 Å². The van der Waals surface area contributed by atoms with Gasteiger partial charge in [-0.15, -0.1) is 11.6 Å². The van der Waals surface area contributed by atoms with Gasteiger partial charge in [-0.3, -0.25) is 0 Å². The molecule has 0 unspecified atom stereocenters. The van der Waals surface area contributed by atoms with Crippen LogP contribution in [0, 0.1) is 5.92 Å². The quantitative estimate of drug-likeness (QED) is 0.464. The van der Waals surface area contributed by atoms with E-state index in [9.17, 15) is 0 Å². The van der Waals surface area contributed by atoms with Crippen LogP contribution in [0.5, 0.6) is 0 Å². The van der Waals surface area contributed by atoms with Crippen LogP contribution < -0.4 is 0 Å². The summed E-state index contributed by atoms with van der Waals surface area (Å²) in [4.78, 5) is 0. The summed E-state index contributed by atoms with van der Waals surface area (Å²) in [5.74, 6) is 1.29. The molecule has 0 aliphatic rings. The van der Waals surface area contributed by atoms with Gasteiger partial charge >= 0.3 is 0 Å². The number of hydrogen-bond donors (Lipinski definition) is 0. The van der Waals surface area contributed by atoms with Crippen molar-refractivity contribution in [2.45, 2.75) is 26.7 Å². The van der Waals surface area contributed by atoms with Crippen molar-refractivity contribution < 1.29 is 0 Å². The molecule has 0 nitrogen and oxygen atoms in total. The van der Waals surface area contributed by atoms with Crippen molar-refractivity contribution in [3.05, 3.63) is 23.3 Å². The Balaban J connectivity index is 3.78. The summed E-state index contributed by atoms with van der Waals surface area (Å²) >= 11 is 11.1. The molecule has 0 bridgehead atoms. The minimum atomic E-state index is 0.543. The fraction of sp³-hybridized carbons (Fsp3) is 0.600. The van der Waals surface area contributed by atoms with Crippen molar-refractivity contribution in [3.63, 3.8) is 0 Å². The van der Waals surface area contributed by atoms with Gasteiger partial charge in [-0.1, -0.05) is 31.5 Å². The van der Waals surface area contributed by atoms with Crippen molar-refractivity contribution in [2.75, 3.05) is 5.88 Å². The van der Waals surface area contributed by atoms with E-state index in [1.54, 1.807) is 0 Å². The first-order chi connectivity index (χ1) is 5.70. The third-order valence-corrected chi connectivity index (χ3v) is 2.02. The Kier molecular flexibility index (Phi) is 7.73. The number of hydrogen-bond acceptors (Lipinski definition) is 0. The number of allylic oxidation sites excluding steroid dienone is 3. The summed E-state index contributed by atoms with van der Waals surface area (Å²) in [7, 11) is 0. The second-order valence-electron chi connectivity index (χ2n) is 3.18. The van der Waals surface area contributed by atoms with E-state index in [0.717, 1.165) is 17.9 Å². The summed E-state index contributed by atoms with van der Waals surface area (Å²) < 4.78 is 0. The zero-order valence-electron chi connectivity index (χ0n) is 7.69. The average molecular weight is 207 g/mol. The van der Waals surface area contributed by atoms with E-state index >= 15 is 0 Å². The molecular formula is C10H16Cl2. The standard InChI is InChI=1S/C10H16Cl2/c1-9(2)4-3-5-10(8-12)6-7-11/h5-7,9H,3-4,8H2,1-2H3. The summed E-state index contributed by atoms with van der Waals surface area (Å²) in [6.45, 7) is 4.43. The van der Waals surface area contributed by atoms with E-state index in [4.69, 9.17) is 23.2 Å². The molecule has 0 aromatic rings. The monoisotopic (exact) mass is 206 g/mol. The van der Waals surface area contributed by atoms with Crippen LogP contribution in [0.25, 0.3) is 0 Å². The highest BCUT2D eigenvalue weighted by Gasteiger charge is 1.92. The molecule has 0 aromatic carbocycles. The maximum absolute atomic E-state index is 5.68. The zero-order valence-corrected chi connectivity index (χ0v) is 9.20. The minimum absolute atomic E-state index is 0.543. The topological polar surface area (TPSA) is 0 Å². The Morgan fingerprint density at radius 2 is 2.08 bits per heavy atom. The highest BCUT2D eigenvalue weighted by atomic mass is 35.5. The number of alkyl halides is 1. The van der Waals surface area contributed by atoms with Gasteiger partial charge in [0.05, 0.1) is 0 Å². The summed E-state index contributed by atoms with van der Waals surface area (Å²) in [5, 5.41) is 0. The summed E-state index contributed by atoms with van der Waals surface area (Å²) in [6.07, 6.45) is 6.28. The van der Waals surface area contributed by atoms with Gasteiger partial charge in [-0.25, -0.2) is 0 Å². The van der Waals surface area contributed by atoms with Crippen LogP contribution in [-0.4, -0.2) is 5.88 Å². The molecule has 0 radical (unpaired) electrons. The van der Waals surface area contributed by atoms with Crippen molar-refractivity contribution >= 4 is 23.2 Å². The molecule has 0 aromatic heterocycles. The van der Waals surface area contributed by atoms with Crippen molar-refractivity contribution in [3.8, 4) is 0 Å². The molecular weight excluding hydrogens is 191 g/mol. The van der Waals surface area contributed by atoms with Crippen molar-refractivity contribution in [2.24, 2.45) is 5.92 Å². The Hall–Kier alpha value is 0.0600. The molecule has 0 aliphatic heterocycles. The number of rotatable bonds is 5. The molecule has 0 saturated heterocycles. The van der Waals surface area contributed by atoms with Gasteiger partial charge in [0.2, 0.25) is 0 Å². The third kappa shape index (κ3) is 6.75. The SMILES string of the molecule is CC(C)CCC=C(C=CCl)CCl. The summed E-state index contributed by atoms with van der Waals surface area (Å²) in [5.41, 5.74) is 2.61. The van der Waals surface area contributed by atoms with Gasteiger partial charge in [-0.2, -0.15) is 0 Å². The molecule has 70 valence electrons. The lowest BCUT2D eigenvalue weighted by Gasteiger charge is -2.00. The Labute approximate surface area is 85.3 Å². The van der Waals surface area contributed by atoms with E-state index in [1.165, 1.54) is 12.0 Å². The Morgan fingerprint density at radius 3 is 2.50 bits per heavy atom. The smallest absolute Gasteiger partial charge is 0.0471 e. The molecule has 0 amide bonds. The van der Waals surface area contributed by atoms with Crippen LogP contribution in [0.15, 0.2) is 23.3 Å². The highest BCUT2D eigenvalue weighted by molar-refractivity contribution is 6.25. The largest absolute Gasteiger partial charge is 0.122 e. The predicted octanol–water partition coefficient (Wildman–Crippen LogP) is 4.34. The second kappa shape index (κ2) is 7.70. The molecule has 0 aliphatic carbocycles. The average Bonchev–Trinajstić information content (AvgIpc) is 2.02. The molecule has 0 spiro atoms. The maximum Gasteiger partial charge on any atom is 0.0471 e. The minimum Gasteiger partial charge on any atom is -0.122 e. The van der Waals surface area contributed by atoms with Crippen molar-refractivity contribution in [1.29, 1.82) is 0 Å². The van der Waals surface area contributed by atoms with Crippen LogP contribution in [0.2, 0.25) is 0 Å². The highest BCUT2D eigenvalue weighted by Crippen LogP contribution is 2.08. The first-order valence-electron chi connectivity index (χ1n) is 4.22. The van der Waals surface area contributed by atoms with Gasteiger partial charge in [0.15, 0.2) is 0 Å². The van der Waals surface area contributed by atoms with Crippen LogP contribution in [0.3, 0.4) is 0 Å². The molecule has 0 fully saturated rings. The third-order valence-electron chi connectivity index (χ3n) is 1.58. The van der Waals surface area contributed by atoms with Gasteiger partial charge in [0.1, 0.15) is 0 Å². The lowest BCUT2D eigenvalue weighted by Crippen LogP contribution is -1.86. The Bertz CT molecular complexity index is 157. The molecule has 0 rings (SSSR count). The second-order valence-corrected chi connectivity index (χ2v) is 3.70. The molecule has 0 N–H and O–H groups in total. The van der Waals surface area contributed by atoms with Crippen LogP contribution in [-0.2, 0) is 0 Å². The fourth-order valence-corrected chi connectivity index (χ4v) is 1.21. The van der Waals surface area contributed by atoms with Crippen LogP contribution in [0.1, 0.15) is 26.7 Å². The molecule has 0 heterocycles. The molecule has 0 saturated carbocycles. The molecule has 2 heteroatoms. The van der Waals surface area contributed by atoms with Crippen LogP contribution >= 0.6 is 23.2 Å². The number of halogens is 2. The van der Waals surface area contributed by atoms with Gasteiger partial charge in [0.25, 0.3) is 0 Å². The maximum atomic E-state index is 5.68. The lowest BCUT2D eigenvalue weighted by molar-refractivity contribution is 0.593. The zero-order chi connectivity index (χ0) is 9.40. The summed E-state index contributed by atoms with van der Waals surface area (Å²) in [6, 6.07) is 0. The predicted molar refractivity (Wildman–Crippen MR) is 57.9 cm³/mol. The fourth-order valence-electron chi connectivity index (χ4n) is 0.850. The first-order valence-corrected chi connectivity index (χ1v) is 5.19. The normalized spacial score (nSPS) is 13.2.